The number of nitrogens with zero attached hydrogens (tertiary/aromatic N) is 3. The predicted molar refractivity (Wildman–Crippen MR) is 111 cm³/mol. The Morgan fingerprint density at radius 1 is 0.853 bits per heavy atom. The second-order valence-electron chi connectivity index (χ2n) is 6.85. The van der Waals surface area contributed by atoms with Gasteiger partial charge in [0.1, 0.15) is 17.1 Å². The van der Waals surface area contributed by atoms with E-state index in [9.17, 15) is 38.8 Å². The maximum atomic E-state index is 14.8. The van der Waals surface area contributed by atoms with E-state index in [1.54, 1.807) is 0 Å². The molecular weight excluding hydrogens is 509 g/mol. The van der Waals surface area contributed by atoms with Gasteiger partial charge in [0.2, 0.25) is 25.9 Å². The normalized spacial score (nSPS) is 12.4. The average molecular weight is 523 g/mol. The third-order valence-corrected chi connectivity index (χ3v) is 7.33. The van der Waals surface area contributed by atoms with E-state index in [0.29, 0.717) is 24.6 Å². The van der Waals surface area contributed by atoms with Crippen molar-refractivity contribution in [1.82, 2.24) is 9.97 Å². The molecule has 3 aromatic rings. The molecule has 0 saturated carbocycles. The van der Waals surface area contributed by atoms with Gasteiger partial charge in [-0.1, -0.05) is 0 Å². The van der Waals surface area contributed by atoms with Crippen molar-refractivity contribution in [3.63, 3.8) is 0 Å². The Balaban J connectivity index is 2.06. The third kappa shape index (κ3) is 5.41. The lowest BCUT2D eigenvalue weighted by atomic mass is 10.1. The van der Waals surface area contributed by atoms with E-state index in [2.05, 4.69) is 9.97 Å². The minimum absolute atomic E-state index is 0.0901. The smallest absolute Gasteiger partial charge is 0.416 e. The molecule has 0 N–H and O–H groups in total. The monoisotopic (exact) mass is 523 g/mol. The van der Waals surface area contributed by atoms with E-state index in [1.807, 2.05) is 0 Å². The van der Waals surface area contributed by atoms with E-state index in [-0.39, 0.29) is 26.6 Å². The van der Waals surface area contributed by atoms with E-state index in [0.717, 1.165) is 36.7 Å². The first-order chi connectivity index (χ1) is 15.6. The molecule has 0 aliphatic carbocycles. The van der Waals surface area contributed by atoms with Crippen LogP contribution in [0.1, 0.15) is 5.56 Å². The van der Waals surface area contributed by atoms with Gasteiger partial charge in [0.05, 0.1) is 18.1 Å². The van der Waals surface area contributed by atoms with E-state index in [4.69, 9.17) is 4.74 Å². The van der Waals surface area contributed by atoms with Crippen LogP contribution in [0, 0.1) is 11.6 Å². The highest BCUT2D eigenvalue weighted by molar-refractivity contribution is 8.09. The molecule has 0 radical (unpaired) electrons. The number of ether oxygens (including phenoxy) is 1. The molecule has 2 aromatic carbocycles. The SMILES string of the molecule is CS(=O)(=O)N(c1c(F)cc(-c2nccnc2Oc2ccc(C(F)(F)F)cc2)cc1F)S(C)(=O)=O. The van der Waals surface area contributed by atoms with Crippen molar-refractivity contribution in [2.75, 3.05) is 16.2 Å². The molecule has 0 saturated heterocycles. The van der Waals surface area contributed by atoms with Crippen molar-refractivity contribution >= 4 is 25.7 Å². The first kappa shape index (κ1) is 25.3. The largest absolute Gasteiger partial charge is 0.437 e. The molecule has 0 aliphatic rings. The summed E-state index contributed by atoms with van der Waals surface area (Å²) in [5, 5.41) is 0. The summed E-state index contributed by atoms with van der Waals surface area (Å²) in [5.41, 5.74) is -2.84. The molecular formula is C19H14F5N3O5S2. The summed E-state index contributed by atoms with van der Waals surface area (Å²) in [6.07, 6.45) is -1.37. The van der Waals surface area contributed by atoms with Crippen LogP contribution in [0.3, 0.4) is 0 Å². The number of benzene rings is 2. The van der Waals surface area contributed by atoms with Gasteiger partial charge >= 0.3 is 6.18 Å². The van der Waals surface area contributed by atoms with Crippen LogP contribution in [0.15, 0.2) is 48.8 Å². The summed E-state index contributed by atoms with van der Waals surface area (Å²) in [6, 6.07) is 4.75. The van der Waals surface area contributed by atoms with Crippen LogP contribution in [0.2, 0.25) is 0 Å². The van der Waals surface area contributed by atoms with Crippen molar-refractivity contribution in [1.29, 1.82) is 0 Å². The van der Waals surface area contributed by atoms with E-state index < -0.39 is 49.1 Å². The highest BCUT2D eigenvalue weighted by Gasteiger charge is 2.33. The molecule has 8 nitrogen and oxygen atoms in total. The maximum Gasteiger partial charge on any atom is 0.416 e. The Labute approximate surface area is 190 Å². The number of halogens is 5. The fourth-order valence-corrected chi connectivity index (χ4v) is 5.86. The molecule has 0 bridgehead atoms. The zero-order chi connectivity index (χ0) is 25.5. The van der Waals surface area contributed by atoms with Gasteiger partial charge in [-0.05, 0) is 36.4 Å². The van der Waals surface area contributed by atoms with Crippen molar-refractivity contribution in [3.05, 3.63) is 66.0 Å². The molecule has 1 heterocycles. The third-order valence-electron chi connectivity index (χ3n) is 4.14. The lowest BCUT2D eigenvalue weighted by Gasteiger charge is -2.21. The molecule has 182 valence electrons. The van der Waals surface area contributed by atoms with Crippen LogP contribution >= 0.6 is 0 Å². The zero-order valence-corrected chi connectivity index (χ0v) is 18.8. The molecule has 0 atom stereocenters. The number of hydrogen-bond donors (Lipinski definition) is 0. The van der Waals surface area contributed by atoms with Crippen LogP contribution in [0.4, 0.5) is 27.6 Å². The molecule has 3 rings (SSSR count). The quantitative estimate of drug-likeness (QED) is 0.450. The molecule has 0 amide bonds. The number of hydrogen-bond acceptors (Lipinski definition) is 7. The van der Waals surface area contributed by atoms with Gasteiger partial charge in [-0.3, -0.25) is 0 Å². The minimum Gasteiger partial charge on any atom is -0.437 e. The Hall–Kier alpha value is -3.33. The number of sulfonamides is 2. The molecule has 1 aromatic heterocycles. The van der Waals surface area contributed by atoms with Gasteiger partial charge in [-0.15, -0.1) is 0 Å². The Kier molecular flexibility index (Phi) is 6.54. The summed E-state index contributed by atoms with van der Waals surface area (Å²) in [5.74, 6) is -3.52. The Morgan fingerprint density at radius 2 is 1.35 bits per heavy atom. The fraction of sp³-hybridized carbons (Fsp3) is 0.158. The number of anilines is 1. The lowest BCUT2D eigenvalue weighted by molar-refractivity contribution is -0.137. The van der Waals surface area contributed by atoms with Crippen molar-refractivity contribution in [3.8, 4) is 22.9 Å². The Bertz CT molecular complexity index is 1390. The number of alkyl halides is 3. The highest BCUT2D eigenvalue weighted by Crippen LogP contribution is 2.36. The van der Waals surface area contributed by atoms with Crippen molar-refractivity contribution in [2.45, 2.75) is 6.18 Å². The second-order valence-corrected chi connectivity index (χ2v) is 10.7. The van der Waals surface area contributed by atoms with E-state index >= 15 is 0 Å². The summed E-state index contributed by atoms with van der Waals surface area (Å²) in [4.78, 5) is 7.77. The molecule has 0 unspecified atom stereocenters. The summed E-state index contributed by atoms with van der Waals surface area (Å²) < 4.78 is 120. The van der Waals surface area contributed by atoms with Crippen LogP contribution in [0.5, 0.6) is 11.6 Å². The van der Waals surface area contributed by atoms with Crippen LogP contribution < -0.4 is 8.45 Å². The predicted octanol–water partition coefficient (Wildman–Crippen LogP) is 3.96. The fourth-order valence-electron chi connectivity index (χ4n) is 2.88. The van der Waals surface area contributed by atoms with Gasteiger partial charge in [0.25, 0.3) is 0 Å². The van der Waals surface area contributed by atoms with Gasteiger partial charge in [0, 0.05) is 18.0 Å². The summed E-state index contributed by atoms with van der Waals surface area (Å²) in [7, 11) is -9.26. The number of aromatic nitrogens is 2. The maximum absolute atomic E-state index is 14.8. The van der Waals surface area contributed by atoms with Gasteiger partial charge in [-0.25, -0.2) is 35.6 Å². The Morgan fingerprint density at radius 3 is 1.82 bits per heavy atom. The second kappa shape index (κ2) is 8.79. The average Bonchev–Trinajstić information content (AvgIpc) is 2.68. The summed E-state index contributed by atoms with van der Waals surface area (Å²) in [6.45, 7) is 0. The van der Waals surface area contributed by atoms with Gasteiger partial charge in [-0.2, -0.15) is 16.9 Å². The van der Waals surface area contributed by atoms with Crippen molar-refractivity contribution < 1.29 is 43.5 Å². The topological polar surface area (TPSA) is 107 Å². The minimum atomic E-state index is -4.63. The molecule has 0 spiro atoms. The standard InChI is InChI=1S/C19H14F5N3O5S2/c1-33(28,29)27(34(2,30)31)17-14(20)9-11(10-15(17)21)16-18(26-8-7-25-16)32-13-5-3-12(4-6-13)19(22,23)24/h3-10H,1-2H3. The van der Waals surface area contributed by atoms with Crippen LogP contribution in [-0.2, 0) is 26.2 Å². The van der Waals surface area contributed by atoms with E-state index in [1.165, 1.54) is 0 Å². The molecule has 15 heteroatoms. The van der Waals surface area contributed by atoms with Gasteiger partial charge < -0.3 is 4.74 Å². The summed E-state index contributed by atoms with van der Waals surface area (Å²) >= 11 is 0. The highest BCUT2D eigenvalue weighted by atomic mass is 32.3. The molecule has 0 fully saturated rings. The van der Waals surface area contributed by atoms with Crippen molar-refractivity contribution in [2.24, 2.45) is 0 Å². The molecule has 0 aliphatic heterocycles. The first-order valence-electron chi connectivity index (χ1n) is 8.95. The zero-order valence-electron chi connectivity index (χ0n) is 17.2. The number of rotatable bonds is 6. The van der Waals surface area contributed by atoms with Crippen LogP contribution in [-0.4, -0.2) is 39.3 Å². The van der Waals surface area contributed by atoms with Gasteiger partial charge in [0.15, 0.2) is 11.6 Å². The molecule has 34 heavy (non-hydrogen) atoms. The lowest BCUT2D eigenvalue weighted by Crippen LogP contribution is -2.36. The van der Waals surface area contributed by atoms with Crippen LogP contribution in [0.25, 0.3) is 11.3 Å². The first-order valence-corrected chi connectivity index (χ1v) is 12.6.